The minimum absolute atomic E-state index is 0.122. The molecule has 1 aromatic carbocycles. The zero-order chi connectivity index (χ0) is 16.3. The summed E-state index contributed by atoms with van der Waals surface area (Å²) in [4.78, 5) is 10.3. The van der Waals surface area contributed by atoms with Crippen LogP contribution in [0.2, 0.25) is 5.28 Å². The Balaban J connectivity index is 2.57. The molecular weight excluding hydrogens is 371 g/mol. The highest BCUT2D eigenvalue weighted by atomic mass is 79.9. The van der Waals surface area contributed by atoms with Crippen molar-refractivity contribution >= 4 is 44.9 Å². The van der Waals surface area contributed by atoms with Gasteiger partial charge >= 0.3 is 0 Å². The Hall–Kier alpha value is -1.66. The predicted molar refractivity (Wildman–Crippen MR) is 92.5 cm³/mol. The van der Waals surface area contributed by atoms with Crippen molar-refractivity contribution in [1.82, 2.24) is 9.97 Å². The Morgan fingerprint density at radius 2 is 2.00 bits per heavy atom. The summed E-state index contributed by atoms with van der Waals surface area (Å²) >= 11 is 9.49. The van der Waals surface area contributed by atoms with Crippen LogP contribution in [0.1, 0.15) is 6.92 Å². The number of nitrogens with zero attached hydrogens (tertiary/aromatic N) is 3. The van der Waals surface area contributed by atoms with Gasteiger partial charge in [-0.1, -0.05) is 12.2 Å². The molecule has 0 aliphatic heterocycles. The Labute approximate surface area is 142 Å². The number of halogens is 3. The monoisotopic (exact) mass is 384 g/mol. The lowest BCUT2D eigenvalue weighted by atomic mass is 10.2. The normalized spacial score (nSPS) is 10.4. The minimum Gasteiger partial charge on any atom is -0.372 e. The van der Waals surface area contributed by atoms with Gasteiger partial charge in [-0.2, -0.15) is 9.97 Å². The molecule has 0 fully saturated rings. The average molecular weight is 386 g/mol. The van der Waals surface area contributed by atoms with Crippen molar-refractivity contribution in [3.63, 3.8) is 0 Å². The van der Waals surface area contributed by atoms with Gasteiger partial charge in [-0.05, 0) is 58.7 Å². The summed E-state index contributed by atoms with van der Waals surface area (Å²) in [5.74, 6) is 0.859. The largest absolute Gasteiger partial charge is 0.372 e. The van der Waals surface area contributed by atoms with Crippen LogP contribution in [0.4, 0.5) is 21.7 Å². The lowest BCUT2D eigenvalue weighted by Gasteiger charge is -2.25. The summed E-state index contributed by atoms with van der Waals surface area (Å²) in [6.07, 6.45) is 0. The van der Waals surface area contributed by atoms with Crippen LogP contribution >= 0.6 is 27.5 Å². The summed E-state index contributed by atoms with van der Waals surface area (Å²) in [5.41, 5.74) is 1.71. The first kappa shape index (κ1) is 16.7. The van der Waals surface area contributed by atoms with Crippen LogP contribution in [0.25, 0.3) is 0 Å². The molecule has 1 N–H and O–H groups in total. The van der Waals surface area contributed by atoms with E-state index in [2.05, 4.69) is 37.8 Å². The topological polar surface area (TPSA) is 41.1 Å². The van der Waals surface area contributed by atoms with Gasteiger partial charge in [-0.25, -0.2) is 4.39 Å². The average Bonchev–Trinajstić information content (AvgIpc) is 2.48. The van der Waals surface area contributed by atoms with Crippen LogP contribution in [0.15, 0.2) is 40.9 Å². The van der Waals surface area contributed by atoms with Crippen LogP contribution in [0, 0.1) is 5.82 Å². The molecule has 2 aromatic rings. The molecule has 1 heterocycles. The minimum atomic E-state index is -0.297. The van der Waals surface area contributed by atoms with Gasteiger partial charge in [-0.3, -0.25) is 0 Å². The molecule has 0 unspecified atom stereocenters. The molecule has 1 aromatic heterocycles. The van der Waals surface area contributed by atoms with Crippen LogP contribution in [0.5, 0.6) is 0 Å². The third kappa shape index (κ3) is 3.75. The summed E-state index contributed by atoms with van der Waals surface area (Å²) in [6, 6.07) is 6.16. The number of benzene rings is 1. The van der Waals surface area contributed by atoms with Crippen molar-refractivity contribution in [2.45, 2.75) is 6.92 Å². The van der Waals surface area contributed by atoms with Crippen LogP contribution < -0.4 is 10.2 Å². The van der Waals surface area contributed by atoms with Gasteiger partial charge in [0.25, 0.3) is 0 Å². The van der Waals surface area contributed by atoms with Gasteiger partial charge < -0.3 is 10.2 Å². The summed E-state index contributed by atoms with van der Waals surface area (Å²) in [7, 11) is 1.74. The predicted octanol–water partition coefficient (Wildman–Crippen LogP) is 4.79. The summed E-state index contributed by atoms with van der Waals surface area (Å²) in [5, 5.41) is 3.08. The highest BCUT2D eigenvalue weighted by Gasteiger charge is 2.19. The molecule has 116 valence electrons. The zero-order valence-electron chi connectivity index (χ0n) is 12.2. The van der Waals surface area contributed by atoms with Crippen LogP contribution in [-0.2, 0) is 0 Å². The second kappa shape index (κ2) is 7.07. The maximum absolute atomic E-state index is 13.2. The van der Waals surface area contributed by atoms with Gasteiger partial charge in [-0.15, -0.1) is 0 Å². The number of nitrogens with one attached hydrogen (secondary N) is 1. The molecule has 0 atom stereocenters. The molecule has 0 saturated heterocycles. The zero-order valence-corrected chi connectivity index (χ0v) is 14.5. The number of hydrogen-bond donors (Lipinski definition) is 1. The fraction of sp³-hybridized carbons (Fsp3) is 0.200. The van der Waals surface area contributed by atoms with E-state index in [-0.39, 0.29) is 11.1 Å². The van der Waals surface area contributed by atoms with Gasteiger partial charge in [0, 0.05) is 19.3 Å². The van der Waals surface area contributed by atoms with E-state index in [1.807, 2.05) is 11.8 Å². The summed E-state index contributed by atoms with van der Waals surface area (Å²) in [6.45, 7) is 6.36. The van der Waals surface area contributed by atoms with Gasteiger partial charge in [0.2, 0.25) is 5.28 Å². The van der Waals surface area contributed by atoms with Gasteiger partial charge in [0.05, 0.1) is 0 Å². The Bertz CT molecular complexity index is 691. The first-order chi connectivity index (χ1) is 10.4. The molecule has 0 aliphatic rings. The van der Waals surface area contributed by atoms with E-state index in [0.29, 0.717) is 22.7 Å². The molecule has 2 rings (SSSR count). The molecule has 0 aliphatic carbocycles. The molecule has 0 bridgehead atoms. The van der Waals surface area contributed by atoms with E-state index in [0.717, 1.165) is 11.3 Å². The molecule has 0 saturated carbocycles. The highest BCUT2D eigenvalue weighted by Crippen LogP contribution is 2.35. The second-order valence-corrected chi connectivity index (χ2v) is 5.88. The number of aromatic nitrogens is 2. The number of hydrogen-bond acceptors (Lipinski definition) is 4. The molecule has 4 nitrogen and oxygen atoms in total. The standard InChI is InChI=1S/C15H15BrClFN4/c1-9(2)8-22(11-6-4-10(18)5-7-11)14-12(16)13(19-3)20-15(17)21-14/h4-7H,1,8H2,2-3H3,(H,19,20,21). The number of rotatable bonds is 5. The third-order valence-corrected chi connectivity index (χ3v) is 3.76. The van der Waals surface area contributed by atoms with E-state index in [4.69, 9.17) is 11.6 Å². The highest BCUT2D eigenvalue weighted by molar-refractivity contribution is 9.10. The van der Waals surface area contributed by atoms with Crippen molar-refractivity contribution in [2.24, 2.45) is 0 Å². The molecule has 0 spiro atoms. The van der Waals surface area contributed by atoms with Gasteiger partial charge in [0.1, 0.15) is 16.1 Å². The first-order valence-corrected chi connectivity index (χ1v) is 7.67. The SMILES string of the molecule is C=C(C)CN(c1ccc(F)cc1)c1nc(Cl)nc(NC)c1Br. The van der Waals surface area contributed by atoms with E-state index < -0.39 is 0 Å². The Morgan fingerprint density at radius 1 is 1.36 bits per heavy atom. The first-order valence-electron chi connectivity index (χ1n) is 6.50. The molecule has 7 heteroatoms. The molecular formula is C15H15BrClFN4. The van der Waals surface area contributed by atoms with Crippen molar-refractivity contribution in [1.29, 1.82) is 0 Å². The number of anilines is 3. The van der Waals surface area contributed by atoms with E-state index in [9.17, 15) is 4.39 Å². The van der Waals surface area contributed by atoms with Crippen molar-refractivity contribution in [3.05, 3.63) is 52.0 Å². The lowest BCUT2D eigenvalue weighted by molar-refractivity contribution is 0.628. The Morgan fingerprint density at radius 3 is 2.55 bits per heavy atom. The van der Waals surface area contributed by atoms with E-state index in [1.54, 1.807) is 19.2 Å². The Kier molecular flexibility index (Phi) is 5.37. The smallest absolute Gasteiger partial charge is 0.226 e. The van der Waals surface area contributed by atoms with E-state index >= 15 is 0 Å². The fourth-order valence-electron chi connectivity index (χ4n) is 1.93. The maximum Gasteiger partial charge on any atom is 0.226 e. The van der Waals surface area contributed by atoms with Crippen LogP contribution in [0.3, 0.4) is 0 Å². The molecule has 22 heavy (non-hydrogen) atoms. The third-order valence-electron chi connectivity index (χ3n) is 2.87. The lowest BCUT2D eigenvalue weighted by Crippen LogP contribution is -2.21. The fourth-order valence-corrected chi connectivity index (χ4v) is 2.69. The van der Waals surface area contributed by atoms with Crippen LogP contribution in [-0.4, -0.2) is 23.6 Å². The summed E-state index contributed by atoms with van der Waals surface area (Å²) < 4.78 is 13.8. The van der Waals surface area contributed by atoms with Crippen molar-refractivity contribution in [3.8, 4) is 0 Å². The van der Waals surface area contributed by atoms with Crippen molar-refractivity contribution in [2.75, 3.05) is 23.8 Å². The molecule has 0 radical (unpaired) electrons. The quantitative estimate of drug-likeness (QED) is 0.593. The second-order valence-electron chi connectivity index (χ2n) is 4.75. The van der Waals surface area contributed by atoms with E-state index in [1.165, 1.54) is 12.1 Å². The molecule has 0 amide bonds. The maximum atomic E-state index is 13.2. The van der Waals surface area contributed by atoms with Gasteiger partial charge in [0.15, 0.2) is 5.82 Å². The van der Waals surface area contributed by atoms with Crippen molar-refractivity contribution < 1.29 is 4.39 Å².